The second-order valence-corrected chi connectivity index (χ2v) is 8.88. The Morgan fingerprint density at radius 1 is 1.21 bits per heavy atom. The number of anilines is 1. The molecule has 174 valence electrons. The number of rotatable bonds is 5. The van der Waals surface area contributed by atoms with Crippen LogP contribution in [0.2, 0.25) is 5.02 Å². The monoisotopic (exact) mass is 476 g/mol. The van der Waals surface area contributed by atoms with Crippen LogP contribution in [0.25, 0.3) is 11.2 Å². The number of nitrogens with one attached hydrogen (secondary N) is 2. The van der Waals surface area contributed by atoms with E-state index in [4.69, 9.17) is 30.5 Å². The summed E-state index contributed by atoms with van der Waals surface area (Å²) in [4.78, 5) is 12.0. The predicted molar refractivity (Wildman–Crippen MR) is 116 cm³/mol. The number of nitrogens with zero attached hydrogens (tertiary/aromatic N) is 2. The van der Waals surface area contributed by atoms with Crippen molar-refractivity contribution in [2.24, 2.45) is 0 Å². The summed E-state index contributed by atoms with van der Waals surface area (Å²) in [6, 6.07) is 4.95. The molecule has 0 bridgehead atoms. The minimum Gasteiger partial charge on any atom is -0.497 e. The Hall–Kier alpha value is -2.66. The van der Waals surface area contributed by atoms with Gasteiger partial charge in [-0.3, -0.25) is 0 Å². The van der Waals surface area contributed by atoms with Gasteiger partial charge in [0.2, 0.25) is 0 Å². The third-order valence-corrected chi connectivity index (χ3v) is 6.72. The van der Waals surface area contributed by atoms with Crippen LogP contribution in [0, 0.1) is 5.82 Å². The van der Waals surface area contributed by atoms with Gasteiger partial charge in [-0.25, -0.2) is 9.37 Å². The quantitative estimate of drug-likeness (QED) is 0.515. The van der Waals surface area contributed by atoms with Crippen molar-refractivity contribution in [3.8, 4) is 11.8 Å². The van der Waals surface area contributed by atoms with Crippen LogP contribution in [0.15, 0.2) is 18.2 Å². The fourth-order valence-electron chi connectivity index (χ4n) is 4.86. The number of aliphatic hydroxyl groups is 1. The molecular weight excluding hydrogens is 455 g/mol. The molecule has 33 heavy (non-hydrogen) atoms. The number of fused-ring (bicyclic) bond motifs is 3. The van der Waals surface area contributed by atoms with Crippen molar-refractivity contribution in [3.63, 3.8) is 0 Å². The molecule has 2 aliphatic heterocycles. The summed E-state index contributed by atoms with van der Waals surface area (Å²) in [5, 5.41) is 13.5. The largest absolute Gasteiger partial charge is 0.497 e. The highest BCUT2D eigenvalue weighted by Crippen LogP contribution is 2.39. The molecule has 5 atom stereocenters. The first-order chi connectivity index (χ1) is 16.0. The molecule has 2 saturated heterocycles. The molecule has 11 heteroatoms. The molecule has 4 heterocycles. The van der Waals surface area contributed by atoms with Crippen LogP contribution in [0.4, 0.5) is 10.2 Å². The second kappa shape index (κ2) is 7.98. The standard InChI is InChI=1S/C22H22ClFN4O5/c1-30-10-4-9-2-3-13(17(9)12(24)5-10)25-20-11(23)6-14-21(27-20)28-22(26-14)33-16-8-32-18-15(29)7-31-19(16)18/h4-6,13,15-16,18-19,29H,2-3,7-8H2,1H3,(H2,25,26,27,28)/t13-,15+,16+,18+,19+/m0/s1. The maximum atomic E-state index is 14.7. The minimum atomic E-state index is -0.653. The molecule has 3 aliphatic rings. The number of aliphatic hydroxyl groups excluding tert-OH is 1. The van der Waals surface area contributed by atoms with Gasteiger partial charge in [-0.15, -0.1) is 0 Å². The predicted octanol–water partition coefficient (Wildman–Crippen LogP) is 2.76. The van der Waals surface area contributed by atoms with Crippen LogP contribution >= 0.6 is 11.6 Å². The van der Waals surface area contributed by atoms with E-state index < -0.39 is 18.3 Å². The highest BCUT2D eigenvalue weighted by Gasteiger charge is 2.48. The molecule has 0 radical (unpaired) electrons. The van der Waals surface area contributed by atoms with Gasteiger partial charge in [0.05, 0.1) is 36.9 Å². The molecule has 6 rings (SSSR count). The van der Waals surface area contributed by atoms with E-state index in [1.807, 2.05) is 6.07 Å². The number of aromatic nitrogens is 3. The van der Waals surface area contributed by atoms with Crippen molar-refractivity contribution in [1.82, 2.24) is 15.0 Å². The van der Waals surface area contributed by atoms with Crippen LogP contribution < -0.4 is 14.8 Å². The van der Waals surface area contributed by atoms with Crippen LogP contribution in [-0.4, -0.2) is 64.8 Å². The van der Waals surface area contributed by atoms with Crippen molar-refractivity contribution in [1.29, 1.82) is 0 Å². The van der Waals surface area contributed by atoms with Gasteiger partial charge in [-0.2, -0.15) is 4.98 Å². The molecular formula is C22H22ClFN4O5. The number of imidazole rings is 1. The average Bonchev–Trinajstić information content (AvgIpc) is 3.55. The Morgan fingerprint density at radius 3 is 2.91 bits per heavy atom. The minimum absolute atomic E-state index is 0.221. The molecule has 2 fully saturated rings. The number of halogens is 2. The Bertz CT molecular complexity index is 1220. The smallest absolute Gasteiger partial charge is 0.296 e. The zero-order chi connectivity index (χ0) is 22.7. The van der Waals surface area contributed by atoms with Gasteiger partial charge in [0, 0.05) is 11.6 Å². The summed E-state index contributed by atoms with van der Waals surface area (Å²) in [5.41, 5.74) is 2.53. The summed E-state index contributed by atoms with van der Waals surface area (Å²) >= 11 is 6.47. The SMILES string of the molecule is COc1cc(F)c2c(c1)CC[C@@H]2Nc1nc2nc(O[C@@H]3CO[C@H]4[C@@H]3OC[C@H]4O)[nH]c2cc1Cl. The summed E-state index contributed by atoms with van der Waals surface area (Å²) in [5.74, 6) is 0.607. The number of hydrogen-bond acceptors (Lipinski definition) is 8. The topological polar surface area (TPSA) is 111 Å². The van der Waals surface area contributed by atoms with Gasteiger partial charge in [0.15, 0.2) is 11.8 Å². The highest BCUT2D eigenvalue weighted by atomic mass is 35.5. The van der Waals surface area contributed by atoms with Crippen LogP contribution in [0.1, 0.15) is 23.6 Å². The van der Waals surface area contributed by atoms with Crippen molar-refractivity contribution >= 4 is 28.6 Å². The number of pyridine rings is 1. The van der Waals surface area contributed by atoms with E-state index in [1.54, 1.807) is 6.07 Å². The van der Waals surface area contributed by atoms with Crippen molar-refractivity contribution in [2.45, 2.75) is 43.3 Å². The lowest BCUT2D eigenvalue weighted by Gasteiger charge is -2.16. The van der Waals surface area contributed by atoms with Crippen molar-refractivity contribution in [3.05, 3.63) is 40.2 Å². The molecule has 3 aromatic rings. The molecule has 0 saturated carbocycles. The van der Waals surface area contributed by atoms with Gasteiger partial charge in [0.25, 0.3) is 6.01 Å². The molecule has 1 aromatic carbocycles. The molecule has 9 nitrogen and oxygen atoms in total. The number of ether oxygens (including phenoxy) is 4. The van der Waals surface area contributed by atoms with E-state index in [0.29, 0.717) is 46.3 Å². The number of H-pyrrole nitrogens is 1. The van der Waals surface area contributed by atoms with E-state index in [1.165, 1.54) is 13.2 Å². The van der Waals surface area contributed by atoms with Gasteiger partial charge in [-0.1, -0.05) is 11.6 Å². The zero-order valence-corrected chi connectivity index (χ0v) is 18.4. The van der Waals surface area contributed by atoms with Gasteiger partial charge in [0.1, 0.15) is 35.7 Å². The lowest BCUT2D eigenvalue weighted by molar-refractivity contribution is 0.00706. The number of aryl methyl sites for hydroxylation is 1. The maximum absolute atomic E-state index is 14.7. The van der Waals surface area contributed by atoms with E-state index in [0.717, 1.165) is 12.0 Å². The summed E-state index contributed by atoms with van der Waals surface area (Å²) in [7, 11) is 1.52. The number of methoxy groups -OCH3 is 1. The Morgan fingerprint density at radius 2 is 2.06 bits per heavy atom. The first-order valence-electron chi connectivity index (χ1n) is 10.8. The highest BCUT2D eigenvalue weighted by molar-refractivity contribution is 6.33. The first-order valence-corrected chi connectivity index (χ1v) is 11.1. The van der Waals surface area contributed by atoms with Crippen LogP contribution in [0.3, 0.4) is 0 Å². The van der Waals surface area contributed by atoms with Gasteiger partial charge in [-0.05, 0) is 30.5 Å². The normalized spacial score (nSPS) is 28.2. The summed E-state index contributed by atoms with van der Waals surface area (Å²) in [6.45, 7) is 0.515. The van der Waals surface area contributed by atoms with E-state index >= 15 is 0 Å². The van der Waals surface area contributed by atoms with E-state index in [9.17, 15) is 9.50 Å². The molecule has 0 spiro atoms. The fraction of sp³-hybridized carbons (Fsp3) is 0.455. The van der Waals surface area contributed by atoms with Gasteiger partial charge < -0.3 is 34.4 Å². The summed E-state index contributed by atoms with van der Waals surface area (Å²) < 4.78 is 37.0. The number of benzene rings is 1. The van der Waals surface area contributed by atoms with Crippen molar-refractivity contribution in [2.75, 3.05) is 25.6 Å². The van der Waals surface area contributed by atoms with E-state index in [-0.39, 0.29) is 30.6 Å². The van der Waals surface area contributed by atoms with Crippen LogP contribution in [-0.2, 0) is 15.9 Å². The zero-order valence-electron chi connectivity index (χ0n) is 17.7. The third-order valence-electron chi connectivity index (χ3n) is 6.44. The maximum Gasteiger partial charge on any atom is 0.296 e. The van der Waals surface area contributed by atoms with Gasteiger partial charge >= 0.3 is 0 Å². The van der Waals surface area contributed by atoms with Crippen LogP contribution in [0.5, 0.6) is 11.8 Å². The Kier molecular flexibility index (Phi) is 5.06. The van der Waals surface area contributed by atoms with E-state index in [2.05, 4.69) is 20.3 Å². The van der Waals surface area contributed by atoms with Crippen molar-refractivity contribution < 1.29 is 28.4 Å². The molecule has 0 amide bonds. The Labute approximate surface area is 193 Å². The molecule has 2 aromatic heterocycles. The third kappa shape index (κ3) is 3.57. The number of aromatic amines is 1. The Balaban J connectivity index is 1.23. The first kappa shape index (κ1) is 20.9. The molecule has 1 aliphatic carbocycles. The lowest BCUT2D eigenvalue weighted by atomic mass is 10.1. The molecule has 3 N–H and O–H groups in total. The average molecular weight is 477 g/mol. The lowest BCUT2D eigenvalue weighted by Crippen LogP contribution is -2.34. The second-order valence-electron chi connectivity index (χ2n) is 8.47. The molecule has 0 unspecified atom stereocenters. The number of hydrogen-bond donors (Lipinski definition) is 3. The fourth-order valence-corrected chi connectivity index (χ4v) is 5.06. The summed E-state index contributed by atoms with van der Waals surface area (Å²) in [6.07, 6.45) is -0.351.